The molecule has 0 unspecified atom stereocenters. The number of amides is 1. The molecule has 0 saturated carbocycles. The molecular weight excluding hydrogens is 328 g/mol. The van der Waals surface area contributed by atoms with E-state index < -0.39 is 4.92 Å². The zero-order valence-electron chi connectivity index (χ0n) is 12.6. The van der Waals surface area contributed by atoms with Crippen molar-refractivity contribution in [3.63, 3.8) is 0 Å². The number of hydrogen-bond acceptors (Lipinski definition) is 6. The largest absolute Gasteiger partial charge is 0.378 e. The summed E-state index contributed by atoms with van der Waals surface area (Å²) < 4.78 is 0.959. The number of nitro benzene ring substituents is 1. The Hall–Kier alpha value is -3.00. The molecule has 0 saturated heterocycles. The number of anilines is 1. The fourth-order valence-electron chi connectivity index (χ4n) is 2.25. The summed E-state index contributed by atoms with van der Waals surface area (Å²) in [4.78, 5) is 26.8. The molecule has 0 fully saturated rings. The van der Waals surface area contributed by atoms with E-state index >= 15 is 0 Å². The van der Waals surface area contributed by atoms with Gasteiger partial charge in [0, 0.05) is 24.7 Å². The minimum absolute atomic E-state index is 0.0134. The topological polar surface area (TPSA) is 97.2 Å². The second-order valence-corrected chi connectivity index (χ2v) is 5.88. The standard InChI is InChI=1S/C16H14N4O3S/c21-16(11-5-6-13-15(9-11)24-10-19-13)18-8-7-17-12-3-1-2-4-14(12)20(22)23/h1-6,9-10,17H,7-8H2,(H,18,21). The van der Waals surface area contributed by atoms with Gasteiger partial charge in [-0.25, -0.2) is 4.98 Å². The van der Waals surface area contributed by atoms with Crippen LogP contribution in [0.4, 0.5) is 11.4 Å². The van der Waals surface area contributed by atoms with Crippen LogP contribution < -0.4 is 10.6 Å². The summed E-state index contributed by atoms with van der Waals surface area (Å²) in [5, 5.41) is 16.7. The molecule has 8 heteroatoms. The molecule has 3 aromatic rings. The normalized spacial score (nSPS) is 10.5. The average Bonchev–Trinajstić information content (AvgIpc) is 3.06. The van der Waals surface area contributed by atoms with Gasteiger partial charge in [-0.3, -0.25) is 14.9 Å². The first-order valence-corrected chi connectivity index (χ1v) is 8.12. The van der Waals surface area contributed by atoms with Crippen LogP contribution in [0.15, 0.2) is 48.0 Å². The summed E-state index contributed by atoms with van der Waals surface area (Å²) >= 11 is 1.48. The van der Waals surface area contributed by atoms with Gasteiger partial charge in [0.25, 0.3) is 11.6 Å². The van der Waals surface area contributed by atoms with Crippen molar-refractivity contribution in [2.75, 3.05) is 18.4 Å². The van der Waals surface area contributed by atoms with Gasteiger partial charge in [0.05, 0.1) is 20.7 Å². The first-order chi connectivity index (χ1) is 11.6. The maximum atomic E-state index is 12.1. The number of nitrogens with one attached hydrogen (secondary N) is 2. The van der Waals surface area contributed by atoms with Crippen molar-refractivity contribution in [2.45, 2.75) is 0 Å². The number of carbonyl (C=O) groups is 1. The number of aromatic nitrogens is 1. The number of hydrogen-bond donors (Lipinski definition) is 2. The predicted octanol–water partition coefficient (Wildman–Crippen LogP) is 3.05. The van der Waals surface area contributed by atoms with E-state index in [1.807, 2.05) is 6.07 Å². The molecule has 24 heavy (non-hydrogen) atoms. The van der Waals surface area contributed by atoms with Crippen LogP contribution in [0, 0.1) is 10.1 Å². The van der Waals surface area contributed by atoms with Crippen molar-refractivity contribution in [3.05, 3.63) is 63.7 Å². The molecule has 0 radical (unpaired) electrons. The van der Waals surface area contributed by atoms with E-state index in [1.54, 1.807) is 35.8 Å². The first-order valence-electron chi connectivity index (χ1n) is 7.24. The van der Waals surface area contributed by atoms with Crippen LogP contribution in [-0.4, -0.2) is 28.9 Å². The molecule has 1 amide bonds. The Morgan fingerprint density at radius 3 is 2.88 bits per heavy atom. The van der Waals surface area contributed by atoms with E-state index in [4.69, 9.17) is 0 Å². The van der Waals surface area contributed by atoms with Crippen LogP contribution in [0.2, 0.25) is 0 Å². The van der Waals surface area contributed by atoms with Gasteiger partial charge in [0.2, 0.25) is 0 Å². The van der Waals surface area contributed by atoms with Crippen LogP contribution >= 0.6 is 11.3 Å². The maximum absolute atomic E-state index is 12.1. The van der Waals surface area contributed by atoms with E-state index in [9.17, 15) is 14.9 Å². The molecule has 0 aliphatic rings. The SMILES string of the molecule is O=C(NCCNc1ccccc1[N+](=O)[O-])c1ccc2ncsc2c1. The van der Waals surface area contributed by atoms with E-state index in [2.05, 4.69) is 15.6 Å². The zero-order valence-corrected chi connectivity index (χ0v) is 13.4. The van der Waals surface area contributed by atoms with Crippen LogP contribution in [0.25, 0.3) is 10.2 Å². The quantitative estimate of drug-likeness (QED) is 0.408. The highest BCUT2D eigenvalue weighted by molar-refractivity contribution is 7.16. The van der Waals surface area contributed by atoms with E-state index in [0.717, 1.165) is 10.2 Å². The number of nitrogens with zero attached hydrogens (tertiary/aromatic N) is 2. The number of nitro groups is 1. The summed E-state index contributed by atoms with van der Waals surface area (Å²) in [7, 11) is 0. The lowest BCUT2D eigenvalue weighted by Gasteiger charge is -2.08. The molecule has 7 nitrogen and oxygen atoms in total. The lowest BCUT2D eigenvalue weighted by molar-refractivity contribution is -0.384. The Morgan fingerprint density at radius 2 is 2.04 bits per heavy atom. The van der Waals surface area contributed by atoms with Gasteiger partial charge in [-0.15, -0.1) is 11.3 Å². The van der Waals surface area contributed by atoms with E-state index in [0.29, 0.717) is 24.3 Å². The molecule has 3 rings (SSSR count). The number of carbonyl (C=O) groups excluding carboxylic acids is 1. The minimum atomic E-state index is -0.439. The number of fused-ring (bicyclic) bond motifs is 1. The molecule has 0 bridgehead atoms. The number of rotatable bonds is 6. The fraction of sp³-hybridized carbons (Fsp3) is 0.125. The van der Waals surface area contributed by atoms with E-state index in [-0.39, 0.29) is 11.6 Å². The van der Waals surface area contributed by atoms with Gasteiger partial charge in [-0.1, -0.05) is 12.1 Å². The second-order valence-electron chi connectivity index (χ2n) is 4.99. The number of benzene rings is 2. The lowest BCUT2D eigenvalue weighted by atomic mass is 10.2. The summed E-state index contributed by atoms with van der Waals surface area (Å²) in [6.07, 6.45) is 0. The number of para-hydroxylation sites is 2. The van der Waals surface area contributed by atoms with Crippen LogP contribution in [-0.2, 0) is 0 Å². The van der Waals surface area contributed by atoms with Crippen LogP contribution in [0.1, 0.15) is 10.4 Å². The monoisotopic (exact) mass is 342 g/mol. The number of thiazole rings is 1. The summed E-state index contributed by atoms with van der Waals surface area (Å²) in [5.74, 6) is -0.185. The average molecular weight is 342 g/mol. The molecule has 1 aromatic heterocycles. The third kappa shape index (κ3) is 3.49. The molecule has 1 heterocycles. The van der Waals surface area contributed by atoms with E-state index in [1.165, 1.54) is 17.4 Å². The molecule has 0 aliphatic carbocycles. The third-order valence-electron chi connectivity index (χ3n) is 3.42. The molecule has 0 spiro atoms. The highest BCUT2D eigenvalue weighted by Gasteiger charge is 2.11. The third-order valence-corrected chi connectivity index (χ3v) is 4.21. The van der Waals surface area contributed by atoms with Crippen molar-refractivity contribution in [2.24, 2.45) is 0 Å². The van der Waals surface area contributed by atoms with Crippen molar-refractivity contribution in [1.29, 1.82) is 0 Å². The van der Waals surface area contributed by atoms with Gasteiger partial charge in [-0.05, 0) is 24.3 Å². The predicted molar refractivity (Wildman–Crippen MR) is 93.5 cm³/mol. The van der Waals surface area contributed by atoms with Crippen LogP contribution in [0.3, 0.4) is 0 Å². The fourth-order valence-corrected chi connectivity index (χ4v) is 2.97. The van der Waals surface area contributed by atoms with Crippen molar-refractivity contribution in [3.8, 4) is 0 Å². The zero-order chi connectivity index (χ0) is 16.9. The van der Waals surface area contributed by atoms with Crippen molar-refractivity contribution in [1.82, 2.24) is 10.3 Å². The molecule has 122 valence electrons. The summed E-state index contributed by atoms with van der Waals surface area (Å²) in [6, 6.07) is 11.7. The lowest BCUT2D eigenvalue weighted by Crippen LogP contribution is -2.28. The van der Waals surface area contributed by atoms with Gasteiger partial charge in [0.1, 0.15) is 5.69 Å². The molecule has 2 N–H and O–H groups in total. The second kappa shape index (κ2) is 7.05. The Labute approximate surface area is 141 Å². The van der Waals surface area contributed by atoms with Gasteiger partial charge >= 0.3 is 0 Å². The van der Waals surface area contributed by atoms with Crippen molar-refractivity contribution >= 4 is 38.8 Å². The Bertz CT molecular complexity index is 894. The summed E-state index contributed by atoms with van der Waals surface area (Å²) in [6.45, 7) is 0.741. The molecule has 0 atom stereocenters. The highest BCUT2D eigenvalue weighted by atomic mass is 32.1. The smallest absolute Gasteiger partial charge is 0.292 e. The molecule has 0 aliphatic heterocycles. The Balaban J connectivity index is 1.55. The molecular formula is C16H14N4O3S. The Kier molecular flexibility index (Phi) is 4.66. The van der Waals surface area contributed by atoms with Crippen LogP contribution in [0.5, 0.6) is 0 Å². The highest BCUT2D eigenvalue weighted by Crippen LogP contribution is 2.22. The van der Waals surface area contributed by atoms with Crippen molar-refractivity contribution < 1.29 is 9.72 Å². The minimum Gasteiger partial charge on any atom is -0.378 e. The maximum Gasteiger partial charge on any atom is 0.292 e. The van der Waals surface area contributed by atoms with Gasteiger partial charge < -0.3 is 10.6 Å². The summed E-state index contributed by atoms with van der Waals surface area (Å²) in [5.41, 5.74) is 3.62. The first kappa shape index (κ1) is 15.9. The van der Waals surface area contributed by atoms with Gasteiger partial charge in [0.15, 0.2) is 0 Å². The molecule has 2 aromatic carbocycles. The Morgan fingerprint density at radius 1 is 1.21 bits per heavy atom. The van der Waals surface area contributed by atoms with Gasteiger partial charge in [-0.2, -0.15) is 0 Å².